The largest absolute Gasteiger partial charge is 0.584 e. The van der Waals surface area contributed by atoms with Gasteiger partial charge < -0.3 is 9.05 Å². The molecule has 0 fully saturated rings. The van der Waals surface area contributed by atoms with Crippen molar-refractivity contribution in [3.63, 3.8) is 0 Å². The molecule has 6 heteroatoms. The van der Waals surface area contributed by atoms with Crippen molar-refractivity contribution in [2.45, 2.75) is 111 Å². The second-order valence-corrected chi connectivity index (χ2v) is 15.2. The van der Waals surface area contributed by atoms with Gasteiger partial charge in [-0.25, -0.2) is 4.57 Å². The topological polar surface area (TPSA) is 55.8 Å². The molecule has 0 bridgehead atoms. The van der Waals surface area contributed by atoms with E-state index in [1.807, 2.05) is 0 Å². The summed E-state index contributed by atoms with van der Waals surface area (Å²) in [6, 6.07) is 8.52. The predicted molar refractivity (Wildman–Crippen MR) is 147 cm³/mol. The minimum Gasteiger partial charge on any atom is -0.395 e. The molecule has 189 valence electrons. The quantitative estimate of drug-likeness (QED) is 0.299. The van der Waals surface area contributed by atoms with Crippen LogP contribution < -0.4 is 9.05 Å². The third-order valence-corrected chi connectivity index (χ3v) is 7.30. The third-order valence-electron chi connectivity index (χ3n) is 6.47. The van der Waals surface area contributed by atoms with E-state index >= 15 is 0 Å². The normalized spacial score (nSPS) is 16.0. The van der Waals surface area contributed by atoms with Gasteiger partial charge in [0.05, 0.1) is 0 Å². The number of benzene rings is 2. The first-order chi connectivity index (χ1) is 15.1. The zero-order valence-electron chi connectivity index (χ0n) is 24.1. The molecule has 1 heterocycles. The minimum absolute atomic E-state index is 0. The Labute approximate surface area is 225 Å². The van der Waals surface area contributed by atoms with Crippen molar-refractivity contribution in [1.82, 2.24) is 0 Å². The molecule has 1 aliphatic rings. The van der Waals surface area contributed by atoms with Crippen LogP contribution >= 0.6 is 7.82 Å². The SMILES string of the molecule is CC(C)(C)c1cc2c(c(C(C)(C)C)c1)OP(=O)(O)Oc1c(cc(C(C)(C)C)cc1C(C)(C)C)C2.[Li]. The van der Waals surface area contributed by atoms with Gasteiger partial charge in [0.15, 0.2) is 0 Å². The number of phosphoric ester groups is 1. The van der Waals surface area contributed by atoms with E-state index in [9.17, 15) is 9.46 Å². The smallest absolute Gasteiger partial charge is 0.395 e. The monoisotopic (exact) mass is 493 g/mol. The van der Waals surface area contributed by atoms with Crippen LogP contribution in [0.4, 0.5) is 0 Å². The van der Waals surface area contributed by atoms with Crippen molar-refractivity contribution in [3.8, 4) is 11.5 Å². The second-order valence-electron chi connectivity index (χ2n) is 13.9. The van der Waals surface area contributed by atoms with Crippen molar-refractivity contribution in [2.75, 3.05) is 0 Å². The maximum atomic E-state index is 13.4. The summed E-state index contributed by atoms with van der Waals surface area (Å²) >= 11 is 0. The fourth-order valence-corrected chi connectivity index (χ4v) is 5.22. The summed E-state index contributed by atoms with van der Waals surface area (Å²) in [4.78, 5) is 10.9. The Hall–Kier alpha value is -1.17. The Kier molecular flexibility index (Phi) is 7.98. The van der Waals surface area contributed by atoms with Crippen LogP contribution in [0.5, 0.6) is 11.5 Å². The van der Waals surface area contributed by atoms with Crippen LogP contribution in [0.2, 0.25) is 0 Å². The Morgan fingerprint density at radius 2 is 0.943 bits per heavy atom. The van der Waals surface area contributed by atoms with Gasteiger partial charge in [-0.05, 0) is 43.9 Å². The molecule has 35 heavy (non-hydrogen) atoms. The van der Waals surface area contributed by atoms with Gasteiger partial charge in [0.1, 0.15) is 11.5 Å². The summed E-state index contributed by atoms with van der Waals surface area (Å²) in [5.41, 5.74) is 5.31. The first-order valence-electron chi connectivity index (χ1n) is 12.2. The van der Waals surface area contributed by atoms with Gasteiger partial charge in [-0.15, -0.1) is 0 Å². The number of rotatable bonds is 0. The summed E-state index contributed by atoms with van der Waals surface area (Å²) in [6.45, 7) is 25.7. The van der Waals surface area contributed by atoms with Crippen molar-refractivity contribution < 1.29 is 18.5 Å². The number of phosphoric acid groups is 1. The number of hydrogen-bond donors (Lipinski definition) is 1. The third kappa shape index (κ3) is 6.59. The number of hydrogen-bond acceptors (Lipinski definition) is 3. The van der Waals surface area contributed by atoms with Crippen LogP contribution in [-0.2, 0) is 32.6 Å². The average molecular weight is 494 g/mol. The van der Waals surface area contributed by atoms with Crippen LogP contribution in [0.25, 0.3) is 0 Å². The van der Waals surface area contributed by atoms with Crippen LogP contribution in [0.15, 0.2) is 24.3 Å². The van der Waals surface area contributed by atoms with Crippen molar-refractivity contribution >= 4 is 26.7 Å². The Bertz CT molecular complexity index is 1070. The van der Waals surface area contributed by atoms with E-state index in [-0.39, 0.29) is 40.5 Å². The molecule has 3 rings (SSSR count). The molecule has 0 aliphatic carbocycles. The van der Waals surface area contributed by atoms with Gasteiger partial charge >= 0.3 is 7.82 Å². The molecule has 0 aromatic heterocycles. The zero-order valence-corrected chi connectivity index (χ0v) is 25.0. The molecule has 0 amide bonds. The molecule has 1 radical (unpaired) electrons. The van der Waals surface area contributed by atoms with Crippen LogP contribution in [0, 0.1) is 0 Å². The molecule has 0 unspecified atom stereocenters. The van der Waals surface area contributed by atoms with Crippen molar-refractivity contribution in [2.24, 2.45) is 0 Å². The second kappa shape index (κ2) is 9.29. The fourth-order valence-electron chi connectivity index (χ4n) is 4.29. The Balaban J connectivity index is 0.00000432. The fraction of sp³-hybridized carbons (Fsp3) is 0.586. The van der Waals surface area contributed by atoms with E-state index in [1.54, 1.807) is 0 Å². The molecule has 0 saturated carbocycles. The predicted octanol–water partition coefficient (Wildman–Crippen LogP) is 7.96. The van der Waals surface area contributed by atoms with E-state index in [0.717, 1.165) is 22.3 Å². The van der Waals surface area contributed by atoms with Crippen LogP contribution in [0.1, 0.15) is 116 Å². The number of fused-ring (bicyclic) bond motifs is 2. The molecule has 2 aromatic carbocycles. The standard InChI is InChI=1S/C29H43O4P.Li/c1-26(2,3)20-14-18-13-19-15-21(27(4,5)6)17-23(29(10,11)12)25(19)33-34(30,31)32-24(18)22(16-20)28(7,8)9;/h14-17H,13H2,1-12H3,(H,30,31);. The summed E-state index contributed by atoms with van der Waals surface area (Å²) < 4.78 is 25.1. The van der Waals surface area contributed by atoms with E-state index in [1.165, 1.54) is 11.1 Å². The minimum atomic E-state index is -4.43. The zero-order chi connectivity index (χ0) is 26.1. The Morgan fingerprint density at radius 1 is 0.629 bits per heavy atom. The molecule has 0 atom stereocenters. The molecule has 4 nitrogen and oxygen atoms in total. The van der Waals surface area contributed by atoms with Crippen molar-refractivity contribution in [3.05, 3.63) is 57.6 Å². The molecule has 0 saturated heterocycles. The molecular formula is C29H43LiO4P. The summed E-state index contributed by atoms with van der Waals surface area (Å²) in [5.74, 6) is 0.936. The van der Waals surface area contributed by atoms with Crippen LogP contribution in [0.3, 0.4) is 0 Å². The van der Waals surface area contributed by atoms with Crippen molar-refractivity contribution in [1.29, 1.82) is 0 Å². The van der Waals surface area contributed by atoms with Gasteiger partial charge in [0.2, 0.25) is 0 Å². The maximum Gasteiger partial charge on any atom is 0.584 e. The average Bonchev–Trinajstić information content (AvgIpc) is 2.58. The van der Waals surface area contributed by atoms with Crippen LogP contribution in [-0.4, -0.2) is 23.8 Å². The van der Waals surface area contributed by atoms with Gasteiger partial charge in [0, 0.05) is 36.4 Å². The maximum absolute atomic E-state index is 13.4. The van der Waals surface area contributed by atoms with Gasteiger partial charge in [-0.1, -0.05) is 107 Å². The summed E-state index contributed by atoms with van der Waals surface area (Å²) in [7, 11) is -4.43. The first-order valence-corrected chi connectivity index (χ1v) is 13.7. The molecule has 1 N–H and O–H groups in total. The van der Waals surface area contributed by atoms with Gasteiger partial charge in [-0.2, -0.15) is 0 Å². The molecule has 1 aliphatic heterocycles. The first kappa shape index (κ1) is 30.1. The van der Waals surface area contributed by atoms with Gasteiger partial charge in [-0.3, -0.25) is 4.89 Å². The van der Waals surface area contributed by atoms with Gasteiger partial charge in [0.25, 0.3) is 0 Å². The molecular weight excluding hydrogens is 450 g/mol. The van der Waals surface area contributed by atoms with E-state index in [4.69, 9.17) is 9.05 Å². The molecule has 2 aromatic rings. The Morgan fingerprint density at radius 3 is 1.20 bits per heavy atom. The van der Waals surface area contributed by atoms with E-state index in [0.29, 0.717) is 17.9 Å². The summed E-state index contributed by atoms with van der Waals surface area (Å²) in [6.07, 6.45) is 0.560. The molecule has 0 spiro atoms. The van der Waals surface area contributed by atoms with E-state index < -0.39 is 7.82 Å². The van der Waals surface area contributed by atoms with E-state index in [2.05, 4.69) is 107 Å². The summed E-state index contributed by atoms with van der Waals surface area (Å²) in [5, 5.41) is 0.